The highest BCUT2D eigenvalue weighted by Crippen LogP contribution is 2.42. The Bertz CT molecular complexity index is 1110. The summed E-state index contributed by atoms with van der Waals surface area (Å²) in [4.78, 5) is 36.2. The Morgan fingerprint density at radius 3 is 2.38 bits per heavy atom. The normalized spacial score (nSPS) is 10.8. The van der Waals surface area contributed by atoms with Gasteiger partial charge >= 0.3 is 11.0 Å². The Labute approximate surface area is 157 Å². The number of fused-ring (bicyclic) bond motifs is 1. The number of hydrogen-bond donors (Lipinski definition) is 1. The molecule has 3 rings (SSSR count). The molecule has 0 bridgehead atoms. The van der Waals surface area contributed by atoms with Gasteiger partial charge in [0.2, 0.25) is 0 Å². The number of thiophene rings is 1. The van der Waals surface area contributed by atoms with E-state index in [0.717, 1.165) is 12.1 Å². The number of nitro groups is 2. The van der Waals surface area contributed by atoms with Crippen LogP contribution < -0.4 is 0 Å². The number of carbonyl (C=O) groups is 1. The molecule has 0 atom stereocenters. The number of halogens is 2. The van der Waals surface area contributed by atoms with Crippen LogP contribution in [0.5, 0.6) is 0 Å². The average Bonchev–Trinajstić information content (AvgIpc) is 2.99. The second-order valence-electron chi connectivity index (χ2n) is 4.96. The van der Waals surface area contributed by atoms with Crippen molar-refractivity contribution in [3.8, 4) is 10.6 Å². The molecular formula is C14H5Cl2N3O6S. The van der Waals surface area contributed by atoms with E-state index in [1.165, 1.54) is 12.1 Å². The number of carboxylic acids is 1. The molecule has 26 heavy (non-hydrogen) atoms. The van der Waals surface area contributed by atoms with E-state index in [-0.39, 0.29) is 37.1 Å². The molecule has 9 nitrogen and oxygen atoms in total. The molecule has 0 radical (unpaired) electrons. The summed E-state index contributed by atoms with van der Waals surface area (Å²) in [5, 5.41) is 31.5. The molecule has 1 N–H and O–H groups in total. The van der Waals surface area contributed by atoms with Crippen molar-refractivity contribution in [2.24, 2.45) is 0 Å². The Balaban J connectivity index is 2.38. The average molecular weight is 414 g/mol. The first-order valence-corrected chi connectivity index (χ1v) is 8.22. The fourth-order valence-corrected chi connectivity index (χ4v) is 3.76. The van der Waals surface area contributed by atoms with E-state index in [4.69, 9.17) is 23.2 Å². The van der Waals surface area contributed by atoms with Gasteiger partial charge in [0.25, 0.3) is 5.69 Å². The van der Waals surface area contributed by atoms with Crippen molar-refractivity contribution in [1.82, 2.24) is 4.98 Å². The van der Waals surface area contributed by atoms with Gasteiger partial charge in [0.15, 0.2) is 0 Å². The SMILES string of the molecule is O=C(O)c1cc(-c2sc([N+](=O)[O-])cc2[N+](=O)[O-])nc2c(Cl)cc(Cl)cc12. The number of pyridine rings is 1. The van der Waals surface area contributed by atoms with Crippen molar-refractivity contribution < 1.29 is 19.7 Å². The van der Waals surface area contributed by atoms with Gasteiger partial charge in [0.05, 0.1) is 31.6 Å². The monoisotopic (exact) mass is 413 g/mol. The lowest BCUT2D eigenvalue weighted by Gasteiger charge is -2.07. The molecule has 0 spiro atoms. The summed E-state index contributed by atoms with van der Waals surface area (Å²) >= 11 is 12.5. The van der Waals surface area contributed by atoms with Crippen molar-refractivity contribution in [1.29, 1.82) is 0 Å². The van der Waals surface area contributed by atoms with Crippen LogP contribution in [0.1, 0.15) is 10.4 Å². The third-order valence-electron chi connectivity index (χ3n) is 3.37. The summed E-state index contributed by atoms with van der Waals surface area (Å²) in [7, 11) is 0. The number of hydrogen-bond acceptors (Lipinski definition) is 7. The van der Waals surface area contributed by atoms with E-state index < -0.39 is 26.5 Å². The first-order chi connectivity index (χ1) is 12.2. The minimum absolute atomic E-state index is 0.0468. The lowest BCUT2D eigenvalue weighted by molar-refractivity contribution is -0.389. The number of aromatic carboxylic acids is 1. The number of carboxylic acid groups (broad SMARTS) is 1. The molecule has 3 aromatic rings. The zero-order chi connectivity index (χ0) is 19.2. The molecule has 0 saturated heterocycles. The summed E-state index contributed by atoms with van der Waals surface area (Å²) < 4.78 is 0. The number of benzene rings is 1. The maximum Gasteiger partial charge on any atom is 0.336 e. The zero-order valence-corrected chi connectivity index (χ0v) is 14.6. The van der Waals surface area contributed by atoms with E-state index >= 15 is 0 Å². The summed E-state index contributed by atoms with van der Waals surface area (Å²) in [5.41, 5.74) is -0.824. The third kappa shape index (κ3) is 3.05. The van der Waals surface area contributed by atoms with Gasteiger partial charge < -0.3 is 5.11 Å². The Kier molecular flexibility index (Phi) is 4.48. The smallest absolute Gasteiger partial charge is 0.336 e. The predicted octanol–water partition coefficient (Wildman–Crippen LogP) is 4.78. The molecule has 2 aromatic heterocycles. The predicted molar refractivity (Wildman–Crippen MR) is 95.3 cm³/mol. The molecule has 0 unspecified atom stereocenters. The molecule has 0 amide bonds. The molecule has 132 valence electrons. The summed E-state index contributed by atoms with van der Waals surface area (Å²) in [5.74, 6) is -1.33. The van der Waals surface area contributed by atoms with Crippen molar-refractivity contribution >= 4 is 62.1 Å². The van der Waals surface area contributed by atoms with Gasteiger partial charge in [-0.25, -0.2) is 9.78 Å². The highest BCUT2D eigenvalue weighted by atomic mass is 35.5. The number of nitrogens with zero attached hydrogens (tertiary/aromatic N) is 3. The molecular weight excluding hydrogens is 409 g/mol. The molecule has 0 aliphatic rings. The Morgan fingerprint density at radius 1 is 1.12 bits per heavy atom. The molecule has 0 aliphatic carbocycles. The maximum atomic E-state index is 11.6. The highest BCUT2D eigenvalue weighted by molar-refractivity contribution is 7.19. The maximum absolute atomic E-state index is 11.6. The van der Waals surface area contributed by atoms with E-state index in [1.807, 2.05) is 0 Å². The van der Waals surface area contributed by atoms with Crippen LogP contribution in [0, 0.1) is 20.2 Å². The van der Waals surface area contributed by atoms with Gasteiger partial charge in [-0.3, -0.25) is 20.2 Å². The summed E-state index contributed by atoms with van der Waals surface area (Å²) in [6, 6.07) is 4.60. The molecule has 2 heterocycles. The van der Waals surface area contributed by atoms with Crippen LogP contribution >= 0.6 is 34.5 Å². The number of rotatable bonds is 4. The van der Waals surface area contributed by atoms with Crippen LogP contribution in [0.25, 0.3) is 21.5 Å². The Hall–Kier alpha value is -2.82. The fourth-order valence-electron chi connectivity index (χ4n) is 2.32. The van der Waals surface area contributed by atoms with Crippen molar-refractivity contribution in [2.75, 3.05) is 0 Å². The van der Waals surface area contributed by atoms with Gasteiger partial charge in [0.1, 0.15) is 10.9 Å². The van der Waals surface area contributed by atoms with Gasteiger partial charge in [-0.05, 0) is 18.2 Å². The van der Waals surface area contributed by atoms with E-state index in [0.29, 0.717) is 11.3 Å². The fraction of sp³-hybridized carbons (Fsp3) is 0. The second-order valence-corrected chi connectivity index (χ2v) is 6.83. The largest absolute Gasteiger partial charge is 0.478 e. The van der Waals surface area contributed by atoms with Crippen LogP contribution in [0.3, 0.4) is 0 Å². The topological polar surface area (TPSA) is 136 Å². The summed E-state index contributed by atoms with van der Waals surface area (Å²) in [6.07, 6.45) is 0. The minimum atomic E-state index is -1.33. The van der Waals surface area contributed by atoms with Crippen molar-refractivity contribution in [2.45, 2.75) is 0 Å². The molecule has 0 saturated carbocycles. The first-order valence-electron chi connectivity index (χ1n) is 6.65. The molecule has 12 heteroatoms. The van der Waals surface area contributed by atoms with E-state index in [9.17, 15) is 30.1 Å². The molecule has 0 aliphatic heterocycles. The van der Waals surface area contributed by atoms with Crippen LogP contribution in [0.15, 0.2) is 24.3 Å². The van der Waals surface area contributed by atoms with Gasteiger partial charge in [-0.2, -0.15) is 0 Å². The number of aromatic nitrogens is 1. The van der Waals surface area contributed by atoms with Crippen LogP contribution in [0.2, 0.25) is 10.0 Å². The molecule has 1 aromatic carbocycles. The lowest BCUT2D eigenvalue weighted by Crippen LogP contribution is -2.01. The standard InChI is InChI=1S/C14H5Cl2N3O6S/c15-5-1-6-7(14(20)21)3-9(17-12(6)8(16)2-5)13-10(18(22)23)4-11(26-13)19(24)25/h1-4H,(H,20,21). The van der Waals surface area contributed by atoms with Gasteiger partial charge in [0, 0.05) is 10.4 Å². The second kappa shape index (κ2) is 6.48. The van der Waals surface area contributed by atoms with E-state index in [1.54, 1.807) is 0 Å². The van der Waals surface area contributed by atoms with Crippen molar-refractivity contribution in [3.63, 3.8) is 0 Å². The zero-order valence-electron chi connectivity index (χ0n) is 12.3. The Morgan fingerprint density at radius 2 is 1.81 bits per heavy atom. The highest BCUT2D eigenvalue weighted by Gasteiger charge is 2.28. The van der Waals surface area contributed by atoms with Crippen LogP contribution in [-0.2, 0) is 0 Å². The van der Waals surface area contributed by atoms with Gasteiger partial charge in [-0.1, -0.05) is 34.5 Å². The van der Waals surface area contributed by atoms with Crippen LogP contribution in [0.4, 0.5) is 10.7 Å². The van der Waals surface area contributed by atoms with Crippen molar-refractivity contribution in [3.05, 3.63) is 60.1 Å². The minimum Gasteiger partial charge on any atom is -0.478 e. The first kappa shape index (κ1) is 18.0. The third-order valence-corrected chi connectivity index (χ3v) is 4.98. The molecule has 0 fully saturated rings. The van der Waals surface area contributed by atoms with Gasteiger partial charge in [-0.15, -0.1) is 0 Å². The van der Waals surface area contributed by atoms with E-state index in [2.05, 4.69) is 4.98 Å². The quantitative estimate of drug-likeness (QED) is 0.479. The lowest BCUT2D eigenvalue weighted by atomic mass is 10.1. The summed E-state index contributed by atoms with van der Waals surface area (Å²) in [6.45, 7) is 0. The van der Waals surface area contributed by atoms with Crippen LogP contribution in [-0.4, -0.2) is 25.9 Å².